The molecule has 0 aliphatic carbocycles. The molecule has 2 N–H and O–H groups in total. The number of likely N-dealkylation sites (tertiary alicyclic amines) is 1. The minimum atomic E-state index is 0.106. The summed E-state index contributed by atoms with van der Waals surface area (Å²) in [5, 5.41) is 0. The Labute approximate surface area is 166 Å². The molecule has 4 aromatic rings. The van der Waals surface area contributed by atoms with Crippen LogP contribution in [0.5, 0.6) is 0 Å². The van der Waals surface area contributed by atoms with Crippen molar-refractivity contribution in [2.45, 2.75) is 31.7 Å². The summed E-state index contributed by atoms with van der Waals surface area (Å²) in [5.74, 6) is 1.30. The van der Waals surface area contributed by atoms with Crippen molar-refractivity contribution in [1.29, 1.82) is 0 Å². The van der Waals surface area contributed by atoms with Gasteiger partial charge in [0.1, 0.15) is 17.4 Å². The average Bonchev–Trinajstić information content (AvgIpc) is 3.37. The molecule has 1 aromatic carbocycles. The topological polar surface area (TPSA) is 116 Å². The van der Waals surface area contributed by atoms with Gasteiger partial charge in [0.15, 0.2) is 22.9 Å². The summed E-state index contributed by atoms with van der Waals surface area (Å²) in [4.78, 5) is 31.8. The Bertz CT molecular complexity index is 1150. The van der Waals surface area contributed by atoms with Crippen molar-refractivity contribution >= 4 is 34.0 Å². The normalized spacial score (nSPS) is 17.2. The van der Waals surface area contributed by atoms with Crippen LogP contribution in [0.15, 0.2) is 41.3 Å². The zero-order chi connectivity index (χ0) is 19.8. The number of nitrogens with two attached hydrogens (primary N) is 1. The second kappa shape index (κ2) is 7.16. The quantitative estimate of drug-likeness (QED) is 0.567. The standard InChI is InChI=1S/C20H21N7O2/c21-18-17-19(23-11-22-18)27(12-24-17)9-7-16(28)26-8-3-4-13(10-26)20-25-14-5-1-2-6-15(14)29-20/h1-2,5-6,11-13H,3-4,7-10H2,(H2,21,22,23). The van der Waals surface area contributed by atoms with E-state index >= 15 is 0 Å². The molecule has 0 saturated carbocycles. The first-order chi connectivity index (χ1) is 14.2. The fourth-order valence-electron chi connectivity index (χ4n) is 3.91. The Hall–Kier alpha value is -3.49. The van der Waals surface area contributed by atoms with Gasteiger partial charge in [-0.25, -0.2) is 19.9 Å². The zero-order valence-corrected chi connectivity index (χ0v) is 15.9. The first kappa shape index (κ1) is 17.6. The number of nitrogen functional groups attached to an aromatic ring is 1. The minimum Gasteiger partial charge on any atom is -0.440 e. The second-order valence-electron chi connectivity index (χ2n) is 7.32. The Morgan fingerprint density at radius 1 is 1.24 bits per heavy atom. The first-order valence-electron chi connectivity index (χ1n) is 9.73. The number of nitrogens with zero attached hydrogens (tertiary/aromatic N) is 6. The number of carbonyl (C=O) groups excluding carboxylic acids is 1. The number of rotatable bonds is 4. The zero-order valence-electron chi connectivity index (χ0n) is 15.9. The van der Waals surface area contributed by atoms with E-state index in [2.05, 4.69) is 19.9 Å². The molecule has 5 rings (SSSR count). The lowest BCUT2D eigenvalue weighted by Gasteiger charge is -2.31. The summed E-state index contributed by atoms with van der Waals surface area (Å²) in [6, 6.07) is 7.75. The van der Waals surface area contributed by atoms with Gasteiger partial charge in [-0.3, -0.25) is 4.79 Å². The molecule has 9 heteroatoms. The molecule has 4 heterocycles. The molecule has 1 amide bonds. The van der Waals surface area contributed by atoms with Gasteiger partial charge < -0.3 is 19.6 Å². The van der Waals surface area contributed by atoms with Crippen molar-refractivity contribution in [3.8, 4) is 0 Å². The maximum atomic E-state index is 12.8. The molecular weight excluding hydrogens is 370 g/mol. The van der Waals surface area contributed by atoms with Gasteiger partial charge in [0.05, 0.1) is 12.2 Å². The molecule has 0 radical (unpaired) electrons. The molecule has 9 nitrogen and oxygen atoms in total. The van der Waals surface area contributed by atoms with E-state index in [9.17, 15) is 4.79 Å². The predicted octanol–water partition coefficient (Wildman–Crippen LogP) is 2.35. The van der Waals surface area contributed by atoms with Gasteiger partial charge in [0.2, 0.25) is 5.91 Å². The van der Waals surface area contributed by atoms with Gasteiger partial charge in [0.25, 0.3) is 0 Å². The van der Waals surface area contributed by atoms with Gasteiger partial charge in [-0.2, -0.15) is 0 Å². The number of aromatic nitrogens is 5. The number of imidazole rings is 1. The van der Waals surface area contributed by atoms with Crippen LogP contribution in [-0.4, -0.2) is 48.4 Å². The van der Waals surface area contributed by atoms with Crippen LogP contribution >= 0.6 is 0 Å². The van der Waals surface area contributed by atoms with Crippen LogP contribution < -0.4 is 5.73 Å². The molecule has 0 bridgehead atoms. The highest BCUT2D eigenvalue weighted by molar-refractivity contribution is 5.81. The Balaban J connectivity index is 1.26. The van der Waals surface area contributed by atoms with Crippen molar-refractivity contribution in [2.24, 2.45) is 0 Å². The Morgan fingerprint density at radius 2 is 2.14 bits per heavy atom. The number of fused-ring (bicyclic) bond motifs is 2. The lowest BCUT2D eigenvalue weighted by Crippen LogP contribution is -2.39. The largest absolute Gasteiger partial charge is 0.440 e. The highest BCUT2D eigenvalue weighted by Crippen LogP contribution is 2.29. The van der Waals surface area contributed by atoms with Crippen LogP contribution in [0.2, 0.25) is 0 Å². The lowest BCUT2D eigenvalue weighted by molar-refractivity contribution is -0.132. The third-order valence-electron chi connectivity index (χ3n) is 5.43. The molecule has 148 valence electrons. The predicted molar refractivity (Wildman–Crippen MR) is 107 cm³/mol. The van der Waals surface area contributed by atoms with Crippen LogP contribution in [-0.2, 0) is 11.3 Å². The number of carbonyl (C=O) groups is 1. The first-order valence-corrected chi connectivity index (χ1v) is 9.73. The maximum Gasteiger partial charge on any atom is 0.224 e. The van der Waals surface area contributed by atoms with Crippen molar-refractivity contribution in [1.82, 2.24) is 29.4 Å². The van der Waals surface area contributed by atoms with Crippen molar-refractivity contribution in [3.05, 3.63) is 42.8 Å². The van der Waals surface area contributed by atoms with Gasteiger partial charge in [0, 0.05) is 26.1 Å². The van der Waals surface area contributed by atoms with Crippen LogP contribution in [0.1, 0.15) is 31.1 Å². The summed E-state index contributed by atoms with van der Waals surface area (Å²) in [6.45, 7) is 1.89. The highest BCUT2D eigenvalue weighted by Gasteiger charge is 2.28. The van der Waals surface area contributed by atoms with Crippen LogP contribution in [0, 0.1) is 0 Å². The van der Waals surface area contributed by atoms with E-state index < -0.39 is 0 Å². The van der Waals surface area contributed by atoms with Crippen molar-refractivity contribution in [3.63, 3.8) is 0 Å². The van der Waals surface area contributed by atoms with Gasteiger partial charge in [-0.1, -0.05) is 12.1 Å². The summed E-state index contributed by atoms with van der Waals surface area (Å²) in [6.07, 6.45) is 5.34. The van der Waals surface area contributed by atoms with E-state index in [0.29, 0.717) is 36.5 Å². The monoisotopic (exact) mass is 391 g/mol. The van der Waals surface area contributed by atoms with E-state index in [1.54, 1.807) is 6.33 Å². The number of hydrogen-bond acceptors (Lipinski definition) is 7. The van der Waals surface area contributed by atoms with Crippen molar-refractivity contribution in [2.75, 3.05) is 18.8 Å². The van der Waals surface area contributed by atoms with E-state index in [-0.39, 0.29) is 11.8 Å². The van der Waals surface area contributed by atoms with E-state index in [0.717, 1.165) is 36.4 Å². The third kappa shape index (κ3) is 3.28. The maximum absolute atomic E-state index is 12.8. The molecule has 29 heavy (non-hydrogen) atoms. The third-order valence-corrected chi connectivity index (χ3v) is 5.43. The molecule has 0 spiro atoms. The summed E-state index contributed by atoms with van der Waals surface area (Å²) in [7, 11) is 0. The van der Waals surface area contributed by atoms with Crippen LogP contribution in [0.3, 0.4) is 0 Å². The molecule has 3 aromatic heterocycles. The Morgan fingerprint density at radius 3 is 3.03 bits per heavy atom. The molecule has 1 aliphatic rings. The van der Waals surface area contributed by atoms with Gasteiger partial charge in [-0.15, -0.1) is 0 Å². The number of amides is 1. The SMILES string of the molecule is Nc1ncnc2c1ncn2CCC(=O)N1CCCC(c2nc3ccccc3o2)C1. The van der Waals surface area contributed by atoms with E-state index in [1.807, 2.05) is 33.7 Å². The van der Waals surface area contributed by atoms with Crippen LogP contribution in [0.25, 0.3) is 22.3 Å². The number of hydrogen-bond donors (Lipinski definition) is 1. The molecule has 1 saturated heterocycles. The summed E-state index contributed by atoms with van der Waals surface area (Å²) in [5.41, 5.74) is 8.69. The highest BCUT2D eigenvalue weighted by atomic mass is 16.3. The molecule has 1 atom stereocenters. The smallest absolute Gasteiger partial charge is 0.224 e. The average molecular weight is 391 g/mol. The van der Waals surface area contributed by atoms with Crippen LogP contribution in [0.4, 0.5) is 5.82 Å². The number of oxazole rings is 1. The fourth-order valence-corrected chi connectivity index (χ4v) is 3.91. The fraction of sp³-hybridized carbons (Fsp3) is 0.350. The van der Waals surface area contributed by atoms with Gasteiger partial charge in [-0.05, 0) is 25.0 Å². The summed E-state index contributed by atoms with van der Waals surface area (Å²) >= 11 is 0. The number of piperidine rings is 1. The number of para-hydroxylation sites is 2. The van der Waals surface area contributed by atoms with E-state index in [1.165, 1.54) is 6.33 Å². The molecule has 1 aliphatic heterocycles. The molecule has 1 unspecified atom stereocenters. The van der Waals surface area contributed by atoms with Crippen molar-refractivity contribution < 1.29 is 9.21 Å². The lowest BCUT2D eigenvalue weighted by atomic mass is 9.97. The van der Waals surface area contributed by atoms with E-state index in [4.69, 9.17) is 10.2 Å². The Kier molecular flexibility index (Phi) is 4.34. The number of aryl methyl sites for hydroxylation is 1. The number of benzene rings is 1. The van der Waals surface area contributed by atoms with Gasteiger partial charge >= 0.3 is 0 Å². The molecule has 1 fully saturated rings. The summed E-state index contributed by atoms with van der Waals surface area (Å²) < 4.78 is 7.77. The number of anilines is 1. The second-order valence-corrected chi connectivity index (χ2v) is 7.32. The molecular formula is C20H21N7O2. The minimum absolute atomic E-state index is 0.106.